The molecule has 0 fully saturated rings. The van der Waals surface area contributed by atoms with Gasteiger partial charge < -0.3 is 8.37 Å². The molecule has 0 unspecified atom stereocenters. The molecule has 0 aromatic heterocycles. The predicted octanol–water partition coefficient (Wildman–Crippen LogP) is -0.100. The monoisotopic (exact) mass is 236 g/mol. The average Bonchev–Trinajstić information content (AvgIpc) is 1.79. The summed E-state index contributed by atoms with van der Waals surface area (Å²) < 4.78 is 61.1. The second-order valence-electron chi connectivity index (χ2n) is 1.85. The topological polar surface area (TPSA) is 86.7 Å². The van der Waals surface area contributed by atoms with Crippen molar-refractivity contribution in [3.63, 3.8) is 0 Å². The Morgan fingerprint density at radius 3 is 1.86 bits per heavy atom. The number of halogens is 3. The van der Waals surface area contributed by atoms with Crippen LogP contribution in [0.5, 0.6) is 0 Å². The first kappa shape index (κ1) is 12.7. The summed E-state index contributed by atoms with van der Waals surface area (Å²) in [4.78, 5) is 20.0. The average molecular weight is 236 g/mol. The minimum absolute atomic E-state index is 0.610. The van der Waals surface area contributed by atoms with Gasteiger partial charge in [0.15, 0.2) is 0 Å². The lowest BCUT2D eigenvalue weighted by atomic mass is 10.7. The fourth-order valence-electron chi connectivity index (χ4n) is 0.301. The van der Waals surface area contributed by atoms with Gasteiger partial charge in [-0.05, 0) is 0 Å². The van der Waals surface area contributed by atoms with Gasteiger partial charge in [-0.15, -0.1) is 8.42 Å². The highest BCUT2D eigenvalue weighted by Gasteiger charge is 2.44. The summed E-state index contributed by atoms with van der Waals surface area (Å²) >= 11 is 0. The minimum atomic E-state index is -5.48. The van der Waals surface area contributed by atoms with Crippen LogP contribution in [-0.4, -0.2) is 26.5 Å². The minimum Gasteiger partial charge on any atom is -0.316 e. The van der Waals surface area contributed by atoms with Crippen molar-refractivity contribution in [1.82, 2.24) is 0 Å². The Morgan fingerprint density at radius 2 is 1.57 bits per heavy atom. The number of alkyl halides is 3. The van der Waals surface area contributed by atoms with Crippen molar-refractivity contribution in [3.05, 3.63) is 0 Å². The van der Waals surface area contributed by atoms with E-state index in [9.17, 15) is 31.2 Å². The molecule has 0 spiro atoms. The second kappa shape index (κ2) is 3.82. The Labute approximate surface area is 75.9 Å². The maximum Gasteiger partial charge on any atom is 0.506 e. The Morgan fingerprint density at radius 1 is 1.14 bits per heavy atom. The molecule has 0 N–H and O–H groups in total. The molecule has 0 aliphatic heterocycles. The first-order valence-corrected chi connectivity index (χ1v) is 4.13. The molecule has 0 amide bonds. The van der Waals surface area contributed by atoms with Crippen LogP contribution >= 0.6 is 0 Å². The van der Waals surface area contributed by atoms with E-state index in [0.717, 1.165) is 0 Å². The number of hydrogen-bond donors (Lipinski definition) is 0. The van der Waals surface area contributed by atoms with Crippen molar-refractivity contribution in [3.8, 4) is 0 Å². The molecule has 0 saturated heterocycles. The molecule has 0 heterocycles. The summed E-state index contributed by atoms with van der Waals surface area (Å²) in [6.45, 7) is 0.610. The van der Waals surface area contributed by atoms with Crippen LogP contribution in [0.25, 0.3) is 0 Å². The van der Waals surface area contributed by atoms with E-state index < -0.39 is 28.5 Å². The van der Waals surface area contributed by atoms with Gasteiger partial charge in [0.05, 0.1) is 0 Å². The number of carbonyl (C=O) groups excluding carboxylic acids is 2. The van der Waals surface area contributed by atoms with Crippen molar-refractivity contribution in [1.29, 1.82) is 0 Å². The first-order valence-electron chi connectivity index (χ1n) is 2.80. The Hall–Kier alpha value is -1.32. The highest BCUT2D eigenvalue weighted by Crippen LogP contribution is 2.18. The smallest absolute Gasteiger partial charge is 0.316 e. The lowest BCUT2D eigenvalue weighted by Crippen LogP contribution is -2.29. The number of rotatable bonds is 2. The van der Waals surface area contributed by atoms with E-state index in [2.05, 4.69) is 8.37 Å². The van der Waals surface area contributed by atoms with E-state index in [1.54, 1.807) is 0 Å². The zero-order valence-electron chi connectivity index (χ0n) is 6.49. The normalized spacial score (nSPS) is 12.0. The van der Waals surface area contributed by atoms with Gasteiger partial charge in [-0.1, -0.05) is 0 Å². The molecule has 82 valence electrons. The quantitative estimate of drug-likeness (QED) is 0.665. The van der Waals surface area contributed by atoms with Crippen molar-refractivity contribution in [2.45, 2.75) is 13.1 Å². The molecule has 0 saturated carbocycles. The highest BCUT2D eigenvalue weighted by atomic mass is 32.3. The molecule has 0 aliphatic rings. The third-order valence-corrected chi connectivity index (χ3v) is 1.42. The molecule has 0 rings (SSSR count). The summed E-state index contributed by atoms with van der Waals surface area (Å²) in [6, 6.07) is 0. The van der Waals surface area contributed by atoms with E-state index >= 15 is 0 Å². The fourth-order valence-corrected chi connectivity index (χ4v) is 0.902. The number of hydrogen-bond acceptors (Lipinski definition) is 6. The largest absolute Gasteiger partial charge is 0.506 e. The van der Waals surface area contributed by atoms with Crippen LogP contribution in [0.15, 0.2) is 0 Å². The van der Waals surface area contributed by atoms with Gasteiger partial charge in [0.2, 0.25) is 0 Å². The molecule has 0 aromatic rings. The van der Waals surface area contributed by atoms with Crippen LogP contribution in [0.4, 0.5) is 13.2 Å². The van der Waals surface area contributed by atoms with Crippen molar-refractivity contribution >= 4 is 22.3 Å². The standard InChI is InChI=1S/C4H3F3O6S/c1-2(8)12-14(10,11)13-3(9)4(5,6)7/h1H3. The predicted molar refractivity (Wildman–Crippen MR) is 32.8 cm³/mol. The summed E-state index contributed by atoms with van der Waals surface area (Å²) in [6.07, 6.45) is -5.48. The molecule has 14 heavy (non-hydrogen) atoms. The summed E-state index contributed by atoms with van der Waals surface area (Å²) in [7, 11) is -5.28. The molecule has 0 aliphatic carbocycles. The van der Waals surface area contributed by atoms with Gasteiger partial charge in [-0.25, -0.2) is 4.79 Å². The molecule has 0 bridgehead atoms. The third kappa shape index (κ3) is 4.64. The lowest BCUT2D eigenvalue weighted by molar-refractivity contribution is -0.190. The molecular weight excluding hydrogens is 233 g/mol. The summed E-state index contributed by atoms with van der Waals surface area (Å²) in [5.41, 5.74) is 0. The summed E-state index contributed by atoms with van der Waals surface area (Å²) in [5, 5.41) is 0. The van der Waals surface area contributed by atoms with E-state index in [-0.39, 0.29) is 0 Å². The number of carbonyl (C=O) groups is 2. The molecule has 6 nitrogen and oxygen atoms in total. The van der Waals surface area contributed by atoms with E-state index in [1.165, 1.54) is 0 Å². The molecule has 10 heteroatoms. The zero-order valence-corrected chi connectivity index (χ0v) is 7.31. The highest BCUT2D eigenvalue weighted by molar-refractivity contribution is 7.82. The van der Waals surface area contributed by atoms with Crippen LogP contribution < -0.4 is 0 Å². The van der Waals surface area contributed by atoms with E-state index in [1.807, 2.05) is 0 Å². The second-order valence-corrected chi connectivity index (χ2v) is 3.00. The van der Waals surface area contributed by atoms with Gasteiger partial charge in [0, 0.05) is 6.92 Å². The van der Waals surface area contributed by atoms with Crippen LogP contribution in [0.2, 0.25) is 0 Å². The van der Waals surface area contributed by atoms with Gasteiger partial charge in [-0.3, -0.25) is 4.79 Å². The van der Waals surface area contributed by atoms with Crippen molar-refractivity contribution in [2.24, 2.45) is 0 Å². The van der Waals surface area contributed by atoms with E-state index in [0.29, 0.717) is 6.92 Å². The Bertz CT molecular complexity index is 341. The van der Waals surface area contributed by atoms with Gasteiger partial charge in [0.25, 0.3) is 0 Å². The van der Waals surface area contributed by atoms with Gasteiger partial charge in [0.1, 0.15) is 0 Å². The maximum atomic E-state index is 11.4. The SMILES string of the molecule is CC(=O)OS(=O)(=O)OC(=O)C(F)(F)F. The third-order valence-electron chi connectivity index (χ3n) is 0.629. The van der Waals surface area contributed by atoms with Crippen molar-refractivity contribution in [2.75, 3.05) is 0 Å². The van der Waals surface area contributed by atoms with Gasteiger partial charge >= 0.3 is 28.5 Å². The van der Waals surface area contributed by atoms with Crippen LogP contribution in [0.1, 0.15) is 6.92 Å². The first-order chi connectivity index (χ1) is 6.04. The van der Waals surface area contributed by atoms with Crippen LogP contribution in [-0.2, 0) is 28.4 Å². The van der Waals surface area contributed by atoms with Crippen LogP contribution in [0, 0.1) is 0 Å². The zero-order chi connectivity index (χ0) is 11.6. The molecule has 0 atom stereocenters. The fraction of sp³-hybridized carbons (Fsp3) is 0.500. The van der Waals surface area contributed by atoms with Gasteiger partial charge in [-0.2, -0.15) is 13.2 Å². The van der Waals surface area contributed by atoms with Crippen molar-refractivity contribution < 1.29 is 39.5 Å². The Balaban J connectivity index is 4.55. The summed E-state index contributed by atoms with van der Waals surface area (Å²) in [5.74, 6) is -4.42. The maximum absolute atomic E-state index is 11.4. The van der Waals surface area contributed by atoms with Crippen LogP contribution in [0.3, 0.4) is 0 Å². The Kier molecular flexibility index (Phi) is 3.46. The molecule has 0 radical (unpaired) electrons. The molecule has 0 aromatic carbocycles. The lowest BCUT2D eigenvalue weighted by Gasteiger charge is -2.05. The molecular formula is C4H3F3O6S. The van der Waals surface area contributed by atoms with E-state index in [4.69, 9.17) is 0 Å².